The van der Waals surface area contributed by atoms with Crippen LogP contribution in [0.1, 0.15) is 24.0 Å². The number of fused-ring (bicyclic) bond motifs is 1. The number of aromatic nitrogens is 1. The predicted octanol–water partition coefficient (Wildman–Crippen LogP) is 5.68. The summed E-state index contributed by atoms with van der Waals surface area (Å²) in [5.41, 5.74) is 3.68. The van der Waals surface area contributed by atoms with Crippen molar-refractivity contribution in [1.82, 2.24) is 4.57 Å². The number of hydrogen-bond acceptors (Lipinski definition) is 4. The smallest absolute Gasteiger partial charge is 0.248 e. The molecule has 1 amide bonds. The first-order valence-electron chi connectivity index (χ1n) is 9.43. The van der Waals surface area contributed by atoms with Gasteiger partial charge in [0.05, 0.1) is 10.2 Å². The van der Waals surface area contributed by atoms with E-state index < -0.39 is 0 Å². The van der Waals surface area contributed by atoms with Gasteiger partial charge in [0.2, 0.25) is 5.91 Å². The molecule has 0 aliphatic carbocycles. The van der Waals surface area contributed by atoms with Gasteiger partial charge in [0.25, 0.3) is 0 Å². The number of aryl methyl sites for hydroxylation is 3. The molecule has 0 aliphatic heterocycles. The number of carbonyl (C=O) groups excluding carboxylic acids is 1. The van der Waals surface area contributed by atoms with Gasteiger partial charge in [-0.15, -0.1) is 11.8 Å². The Morgan fingerprint density at radius 2 is 1.82 bits per heavy atom. The number of rotatable bonds is 8. The van der Waals surface area contributed by atoms with Gasteiger partial charge >= 0.3 is 0 Å². The van der Waals surface area contributed by atoms with Crippen molar-refractivity contribution in [3.05, 3.63) is 58.4 Å². The first kappa shape index (κ1) is 21.2. The van der Waals surface area contributed by atoms with Gasteiger partial charge in [-0.1, -0.05) is 35.1 Å². The summed E-state index contributed by atoms with van der Waals surface area (Å²) in [4.78, 5) is 19.0. The van der Waals surface area contributed by atoms with E-state index in [1.807, 2.05) is 11.8 Å². The Balaban J connectivity index is 1.66. The molecule has 0 radical (unpaired) electrons. The third kappa shape index (κ3) is 5.75. The van der Waals surface area contributed by atoms with Gasteiger partial charge in [-0.05, 0) is 62.1 Å². The zero-order chi connectivity index (χ0) is 19.9. The summed E-state index contributed by atoms with van der Waals surface area (Å²) in [5, 5.41) is 0. The minimum absolute atomic E-state index is 0.0225. The largest absolute Gasteiger partial charge is 0.316 e. The second kappa shape index (κ2) is 10.3. The highest BCUT2D eigenvalue weighted by molar-refractivity contribution is 7.99. The van der Waals surface area contributed by atoms with Crippen LogP contribution in [-0.2, 0) is 11.3 Å². The van der Waals surface area contributed by atoms with Gasteiger partial charge in [0.15, 0.2) is 4.80 Å². The number of benzene rings is 2. The van der Waals surface area contributed by atoms with Crippen LogP contribution in [0.15, 0.2) is 52.4 Å². The molecule has 0 aliphatic rings. The van der Waals surface area contributed by atoms with Crippen LogP contribution >= 0.6 is 34.9 Å². The lowest BCUT2D eigenvalue weighted by Gasteiger charge is -2.04. The Kier molecular flexibility index (Phi) is 7.82. The fourth-order valence-corrected chi connectivity index (χ4v) is 5.26. The van der Waals surface area contributed by atoms with E-state index in [2.05, 4.69) is 72.1 Å². The zero-order valence-corrected chi connectivity index (χ0v) is 19.1. The fraction of sp³-hybridized carbons (Fsp3) is 0.364. The van der Waals surface area contributed by atoms with E-state index in [9.17, 15) is 4.79 Å². The van der Waals surface area contributed by atoms with Crippen molar-refractivity contribution in [1.29, 1.82) is 0 Å². The lowest BCUT2D eigenvalue weighted by molar-refractivity contribution is -0.118. The Morgan fingerprint density at radius 1 is 1.07 bits per heavy atom. The van der Waals surface area contributed by atoms with Crippen molar-refractivity contribution < 1.29 is 4.79 Å². The van der Waals surface area contributed by atoms with Crippen molar-refractivity contribution in [2.24, 2.45) is 4.99 Å². The predicted molar refractivity (Wildman–Crippen MR) is 125 cm³/mol. The number of thiazole rings is 1. The van der Waals surface area contributed by atoms with E-state index in [1.54, 1.807) is 23.1 Å². The minimum atomic E-state index is -0.0225. The molecular formula is C22H26N2OS3. The maximum atomic E-state index is 12.5. The average Bonchev–Trinajstić information content (AvgIpc) is 3.00. The highest BCUT2D eigenvalue weighted by Gasteiger charge is 2.08. The Hall–Kier alpha value is -1.50. The topological polar surface area (TPSA) is 34.4 Å². The van der Waals surface area contributed by atoms with E-state index in [-0.39, 0.29) is 5.91 Å². The van der Waals surface area contributed by atoms with Crippen LogP contribution in [0.3, 0.4) is 0 Å². The SMILES string of the molecule is CSCCn1c(=NC(=O)CCCSc2ccc(C)cc2)sc2cc(C)ccc21. The van der Waals surface area contributed by atoms with Crippen molar-refractivity contribution in [3.8, 4) is 0 Å². The number of hydrogen-bond donors (Lipinski definition) is 0. The molecule has 3 rings (SSSR count). The monoisotopic (exact) mass is 430 g/mol. The zero-order valence-electron chi connectivity index (χ0n) is 16.6. The molecule has 0 N–H and O–H groups in total. The van der Waals surface area contributed by atoms with Gasteiger partial charge in [0, 0.05) is 23.6 Å². The fourth-order valence-electron chi connectivity index (χ4n) is 2.87. The average molecular weight is 431 g/mol. The van der Waals surface area contributed by atoms with E-state index in [4.69, 9.17) is 0 Å². The van der Waals surface area contributed by atoms with Gasteiger partial charge in [-0.25, -0.2) is 0 Å². The molecule has 0 bridgehead atoms. The van der Waals surface area contributed by atoms with Gasteiger partial charge < -0.3 is 4.57 Å². The molecule has 1 heterocycles. The quantitative estimate of drug-likeness (QED) is 0.340. The molecule has 0 saturated carbocycles. The third-order valence-electron chi connectivity index (χ3n) is 4.40. The highest BCUT2D eigenvalue weighted by atomic mass is 32.2. The summed E-state index contributed by atoms with van der Waals surface area (Å²) < 4.78 is 3.39. The molecule has 0 unspecified atom stereocenters. The van der Waals surface area contributed by atoms with E-state index in [0.29, 0.717) is 6.42 Å². The molecule has 0 fully saturated rings. The number of thioether (sulfide) groups is 2. The first-order valence-corrected chi connectivity index (χ1v) is 12.6. The number of carbonyl (C=O) groups is 1. The maximum absolute atomic E-state index is 12.5. The standard InChI is InChI=1S/C22H26N2OS3/c1-16-6-9-18(10-7-16)27-13-4-5-21(25)23-22-24(12-14-26-3)19-11-8-17(2)15-20(19)28-22/h6-11,15H,4-5,12-14H2,1-3H3. The summed E-state index contributed by atoms with van der Waals surface area (Å²) in [5.74, 6) is 1.92. The van der Waals surface area contributed by atoms with Gasteiger partial charge in [-0.2, -0.15) is 16.8 Å². The Bertz CT molecular complexity index is 1000. The van der Waals surface area contributed by atoms with E-state index in [0.717, 1.165) is 29.3 Å². The van der Waals surface area contributed by atoms with E-state index in [1.165, 1.54) is 26.2 Å². The summed E-state index contributed by atoms with van der Waals surface area (Å²) in [6, 6.07) is 15.0. The number of nitrogens with zero attached hydrogens (tertiary/aromatic N) is 2. The van der Waals surface area contributed by atoms with Crippen molar-refractivity contribution in [2.45, 2.75) is 38.1 Å². The second-order valence-corrected chi connectivity index (χ2v) is 9.93. The molecule has 6 heteroatoms. The third-order valence-corrected chi connectivity index (χ3v) is 7.13. The normalized spacial score (nSPS) is 12.0. The highest BCUT2D eigenvalue weighted by Crippen LogP contribution is 2.21. The molecule has 28 heavy (non-hydrogen) atoms. The molecular weight excluding hydrogens is 404 g/mol. The van der Waals surface area contributed by atoms with Crippen LogP contribution in [0.5, 0.6) is 0 Å². The first-order chi connectivity index (χ1) is 13.6. The summed E-state index contributed by atoms with van der Waals surface area (Å²) in [7, 11) is 0. The Morgan fingerprint density at radius 3 is 2.57 bits per heavy atom. The molecule has 3 nitrogen and oxygen atoms in total. The van der Waals surface area contributed by atoms with Gasteiger partial charge in [0.1, 0.15) is 0 Å². The summed E-state index contributed by atoms with van der Waals surface area (Å²) >= 11 is 5.22. The van der Waals surface area contributed by atoms with Gasteiger partial charge in [-0.3, -0.25) is 4.79 Å². The molecule has 3 aromatic rings. The maximum Gasteiger partial charge on any atom is 0.248 e. The van der Waals surface area contributed by atoms with Crippen molar-refractivity contribution in [3.63, 3.8) is 0 Å². The van der Waals surface area contributed by atoms with Crippen LogP contribution in [0.25, 0.3) is 10.2 Å². The molecule has 0 saturated heterocycles. The van der Waals surface area contributed by atoms with E-state index >= 15 is 0 Å². The van der Waals surface area contributed by atoms with Crippen LogP contribution in [-0.4, -0.2) is 28.2 Å². The van der Waals surface area contributed by atoms with Crippen LogP contribution in [0.4, 0.5) is 0 Å². The van der Waals surface area contributed by atoms with Crippen molar-refractivity contribution in [2.75, 3.05) is 17.8 Å². The Labute approximate surface area is 179 Å². The molecule has 0 atom stereocenters. The minimum Gasteiger partial charge on any atom is -0.316 e. The van der Waals surface area contributed by atoms with Crippen LogP contribution < -0.4 is 4.80 Å². The second-order valence-electron chi connectivity index (χ2n) is 6.77. The molecule has 2 aromatic carbocycles. The lowest BCUT2D eigenvalue weighted by atomic mass is 10.2. The van der Waals surface area contributed by atoms with Crippen LogP contribution in [0.2, 0.25) is 0 Å². The molecule has 1 aromatic heterocycles. The van der Waals surface area contributed by atoms with Crippen LogP contribution in [0, 0.1) is 13.8 Å². The number of amides is 1. The lowest BCUT2D eigenvalue weighted by Crippen LogP contribution is -2.18. The molecule has 148 valence electrons. The molecule has 0 spiro atoms. The summed E-state index contributed by atoms with van der Waals surface area (Å²) in [6.07, 6.45) is 3.44. The van der Waals surface area contributed by atoms with Crippen molar-refractivity contribution >= 4 is 51.0 Å². The summed E-state index contributed by atoms with van der Waals surface area (Å²) in [6.45, 7) is 5.06.